The summed E-state index contributed by atoms with van der Waals surface area (Å²) in [6.45, 7) is 3.01. The van der Waals surface area contributed by atoms with Crippen LogP contribution in [0.5, 0.6) is 5.75 Å². The number of halogens is 4. The molecule has 2 aromatic rings. The highest BCUT2D eigenvalue weighted by molar-refractivity contribution is 7.99. The molecule has 140 valence electrons. The van der Waals surface area contributed by atoms with Crippen LogP contribution in [0.15, 0.2) is 36.9 Å². The Morgan fingerprint density at radius 3 is 2.19 bits per heavy atom. The maximum absolute atomic E-state index is 13.8. The van der Waals surface area contributed by atoms with Crippen LogP contribution in [0.1, 0.15) is 29.4 Å². The van der Waals surface area contributed by atoms with Gasteiger partial charge in [0.1, 0.15) is 5.44 Å². The van der Waals surface area contributed by atoms with Gasteiger partial charge in [0, 0.05) is 0 Å². The van der Waals surface area contributed by atoms with E-state index in [1.807, 2.05) is 30.3 Å². The van der Waals surface area contributed by atoms with E-state index in [0.29, 0.717) is 24.7 Å². The molecular weight excluding hydrogens is 368 g/mol. The van der Waals surface area contributed by atoms with Gasteiger partial charge in [0.25, 0.3) is 0 Å². The largest absolute Gasteiger partial charge is 0.487 e. The van der Waals surface area contributed by atoms with Gasteiger partial charge >= 0.3 is 0 Å². The smallest absolute Gasteiger partial charge is 0.204 e. The predicted molar refractivity (Wildman–Crippen MR) is 95.0 cm³/mol. The first-order valence-electron chi connectivity index (χ1n) is 7.93. The van der Waals surface area contributed by atoms with E-state index in [9.17, 15) is 22.7 Å². The van der Waals surface area contributed by atoms with Gasteiger partial charge in [-0.3, -0.25) is 0 Å². The summed E-state index contributed by atoms with van der Waals surface area (Å²) >= 11 is 1.31. The minimum atomic E-state index is -1.58. The molecule has 0 aliphatic rings. The number of unbranched alkanes of at least 4 members (excludes halogenated alkanes) is 1. The van der Waals surface area contributed by atoms with Gasteiger partial charge in [0.2, 0.25) is 11.6 Å². The van der Waals surface area contributed by atoms with Crippen molar-refractivity contribution >= 4 is 17.8 Å². The predicted octanol–water partition coefficient (Wildman–Crippen LogP) is 5.47. The van der Waals surface area contributed by atoms with E-state index in [-0.39, 0.29) is 6.61 Å². The van der Waals surface area contributed by atoms with Crippen molar-refractivity contribution in [2.45, 2.75) is 18.3 Å². The first kappa shape index (κ1) is 20.3. The number of rotatable bonds is 9. The molecule has 26 heavy (non-hydrogen) atoms. The Kier molecular flexibility index (Phi) is 7.53. The summed E-state index contributed by atoms with van der Waals surface area (Å²) in [4.78, 5) is 0. The molecule has 0 radical (unpaired) electrons. The molecule has 0 saturated heterocycles. The third-order valence-corrected chi connectivity index (χ3v) is 4.72. The highest BCUT2D eigenvalue weighted by atomic mass is 32.2. The monoisotopic (exact) mass is 386 g/mol. The molecule has 1 atom stereocenters. The number of aliphatic hydroxyl groups excluding tert-OH is 1. The summed E-state index contributed by atoms with van der Waals surface area (Å²) in [5.41, 5.74) is -0.744. The van der Waals surface area contributed by atoms with Crippen LogP contribution in [0.4, 0.5) is 17.6 Å². The number of hydrogen-bond acceptors (Lipinski definition) is 3. The van der Waals surface area contributed by atoms with Crippen LogP contribution in [0.3, 0.4) is 0 Å². The van der Waals surface area contributed by atoms with Gasteiger partial charge in [-0.1, -0.05) is 43.0 Å². The average Bonchev–Trinajstić information content (AvgIpc) is 2.66. The Balaban J connectivity index is 1.81. The topological polar surface area (TPSA) is 29.5 Å². The van der Waals surface area contributed by atoms with E-state index in [0.717, 1.165) is 5.56 Å². The molecule has 0 saturated carbocycles. The van der Waals surface area contributed by atoms with Gasteiger partial charge in [-0.2, -0.15) is 8.78 Å². The minimum absolute atomic E-state index is 0.109. The second-order valence-corrected chi connectivity index (χ2v) is 6.58. The molecule has 1 unspecified atom stereocenters. The SMILES string of the molecule is C=Cc1c(F)c(F)c(OCCCCSC(O)c2ccccc2)c(F)c1F. The number of thioether (sulfide) groups is 1. The molecule has 0 bridgehead atoms. The summed E-state index contributed by atoms with van der Waals surface area (Å²) in [6, 6.07) is 9.12. The van der Waals surface area contributed by atoms with E-state index in [2.05, 4.69) is 6.58 Å². The van der Waals surface area contributed by atoms with Gasteiger partial charge in [-0.25, -0.2) is 8.78 Å². The first-order valence-corrected chi connectivity index (χ1v) is 8.98. The molecule has 0 heterocycles. The summed E-state index contributed by atoms with van der Waals surface area (Å²) in [6.07, 6.45) is 1.70. The molecule has 0 aliphatic heterocycles. The lowest BCUT2D eigenvalue weighted by Crippen LogP contribution is -2.07. The minimum Gasteiger partial charge on any atom is -0.487 e. The Labute approximate surface area is 153 Å². The second kappa shape index (κ2) is 9.64. The highest BCUT2D eigenvalue weighted by Crippen LogP contribution is 2.31. The molecule has 7 heteroatoms. The molecule has 2 rings (SSSR count). The molecular formula is C19H18F4O2S. The fraction of sp³-hybridized carbons (Fsp3) is 0.263. The van der Waals surface area contributed by atoms with Crippen molar-refractivity contribution in [2.75, 3.05) is 12.4 Å². The van der Waals surface area contributed by atoms with Crippen molar-refractivity contribution in [1.82, 2.24) is 0 Å². The van der Waals surface area contributed by atoms with Crippen molar-refractivity contribution in [1.29, 1.82) is 0 Å². The molecule has 0 fully saturated rings. The summed E-state index contributed by atoms with van der Waals surface area (Å²) in [5, 5.41) is 9.98. The third-order valence-electron chi connectivity index (χ3n) is 3.61. The zero-order valence-corrected chi connectivity index (χ0v) is 14.7. The standard InChI is InChI=1S/C19H18F4O2S/c1-2-13-14(20)16(22)18(17(23)15(13)21)25-10-6-7-11-26-19(24)12-8-4-3-5-9-12/h2-5,8-9,19,24H,1,6-7,10-11H2. The van der Waals surface area contributed by atoms with Gasteiger partial charge in [0.15, 0.2) is 17.4 Å². The molecule has 1 N–H and O–H groups in total. The second-order valence-electron chi connectivity index (χ2n) is 5.39. The molecule has 2 aromatic carbocycles. The van der Waals surface area contributed by atoms with Crippen LogP contribution in [0.25, 0.3) is 6.08 Å². The zero-order valence-electron chi connectivity index (χ0n) is 13.9. The van der Waals surface area contributed by atoms with E-state index in [1.165, 1.54) is 11.8 Å². The number of ether oxygens (including phenoxy) is 1. The Bertz CT molecular complexity index is 724. The maximum atomic E-state index is 13.8. The quantitative estimate of drug-likeness (QED) is 0.268. The van der Waals surface area contributed by atoms with Crippen LogP contribution < -0.4 is 4.74 Å². The Morgan fingerprint density at radius 1 is 1.00 bits per heavy atom. The molecule has 0 aromatic heterocycles. The van der Waals surface area contributed by atoms with Crippen LogP contribution in [0.2, 0.25) is 0 Å². The fourth-order valence-corrected chi connectivity index (χ4v) is 3.17. The average molecular weight is 386 g/mol. The van der Waals surface area contributed by atoms with E-state index < -0.39 is 40.0 Å². The Morgan fingerprint density at radius 2 is 1.62 bits per heavy atom. The molecule has 0 amide bonds. The van der Waals surface area contributed by atoms with Crippen LogP contribution in [-0.4, -0.2) is 17.5 Å². The van der Waals surface area contributed by atoms with Gasteiger partial charge < -0.3 is 9.84 Å². The van der Waals surface area contributed by atoms with Crippen molar-refractivity contribution < 1.29 is 27.4 Å². The normalized spacial score (nSPS) is 12.0. The summed E-state index contributed by atoms with van der Waals surface area (Å²) < 4.78 is 59.7. The summed E-state index contributed by atoms with van der Waals surface area (Å²) in [5.74, 6) is -6.70. The first-order chi connectivity index (χ1) is 12.5. The number of aliphatic hydroxyl groups is 1. The van der Waals surface area contributed by atoms with E-state index in [1.54, 1.807) is 0 Å². The molecule has 2 nitrogen and oxygen atoms in total. The van der Waals surface area contributed by atoms with E-state index in [4.69, 9.17) is 4.74 Å². The van der Waals surface area contributed by atoms with Gasteiger partial charge in [0.05, 0.1) is 12.2 Å². The van der Waals surface area contributed by atoms with Crippen LogP contribution >= 0.6 is 11.8 Å². The van der Waals surface area contributed by atoms with Crippen molar-refractivity contribution in [3.8, 4) is 5.75 Å². The van der Waals surface area contributed by atoms with Crippen molar-refractivity contribution in [2.24, 2.45) is 0 Å². The fourth-order valence-electron chi connectivity index (χ4n) is 2.22. The van der Waals surface area contributed by atoms with E-state index >= 15 is 0 Å². The zero-order chi connectivity index (χ0) is 19.1. The molecule has 0 spiro atoms. The summed E-state index contributed by atoms with van der Waals surface area (Å²) in [7, 11) is 0. The lowest BCUT2D eigenvalue weighted by atomic mass is 10.1. The highest BCUT2D eigenvalue weighted by Gasteiger charge is 2.25. The third kappa shape index (κ3) is 4.80. The maximum Gasteiger partial charge on any atom is 0.204 e. The van der Waals surface area contributed by atoms with Crippen molar-refractivity contribution in [3.63, 3.8) is 0 Å². The van der Waals surface area contributed by atoms with Gasteiger partial charge in [-0.05, 0) is 24.2 Å². The lowest BCUT2D eigenvalue weighted by molar-refractivity contribution is 0.264. The number of hydrogen-bond donors (Lipinski definition) is 1. The Hall–Kier alpha value is -1.99. The van der Waals surface area contributed by atoms with Crippen LogP contribution in [0, 0.1) is 23.3 Å². The number of benzene rings is 2. The van der Waals surface area contributed by atoms with Gasteiger partial charge in [-0.15, -0.1) is 11.8 Å². The lowest BCUT2D eigenvalue weighted by Gasteiger charge is -2.12. The molecule has 0 aliphatic carbocycles. The van der Waals surface area contributed by atoms with Crippen LogP contribution in [-0.2, 0) is 0 Å². The van der Waals surface area contributed by atoms with Crippen molar-refractivity contribution in [3.05, 3.63) is 71.3 Å².